The SMILES string of the molecule is CC/C=C(\SC(C)(C)C)[C@H](C)[C@@H](O)C(F)(F)F. The first-order valence-electron chi connectivity index (χ1n) is 5.63. The van der Waals surface area contributed by atoms with E-state index >= 15 is 0 Å². The summed E-state index contributed by atoms with van der Waals surface area (Å²) in [5, 5.41) is 9.27. The third-order valence-corrected chi connectivity index (χ3v) is 3.47. The molecular weight excluding hydrogens is 249 g/mol. The van der Waals surface area contributed by atoms with Crippen LogP contribution in [0, 0.1) is 5.92 Å². The fourth-order valence-electron chi connectivity index (χ4n) is 1.31. The van der Waals surface area contributed by atoms with Gasteiger partial charge in [0.05, 0.1) is 0 Å². The molecule has 0 fully saturated rings. The van der Waals surface area contributed by atoms with Crippen LogP contribution in [0.5, 0.6) is 0 Å². The van der Waals surface area contributed by atoms with Crippen molar-refractivity contribution in [2.24, 2.45) is 5.92 Å². The Morgan fingerprint density at radius 3 is 2.06 bits per heavy atom. The van der Waals surface area contributed by atoms with Gasteiger partial charge in [0.2, 0.25) is 0 Å². The van der Waals surface area contributed by atoms with Gasteiger partial charge in [0, 0.05) is 10.7 Å². The van der Waals surface area contributed by atoms with Crippen molar-refractivity contribution in [1.82, 2.24) is 0 Å². The number of thioether (sulfide) groups is 1. The zero-order valence-electron chi connectivity index (χ0n) is 10.9. The summed E-state index contributed by atoms with van der Waals surface area (Å²) in [6.07, 6.45) is -4.44. The zero-order valence-corrected chi connectivity index (χ0v) is 11.7. The number of rotatable bonds is 4. The van der Waals surface area contributed by atoms with Gasteiger partial charge in [-0.05, 0) is 11.3 Å². The van der Waals surface area contributed by atoms with Gasteiger partial charge < -0.3 is 5.11 Å². The highest BCUT2D eigenvalue weighted by Crippen LogP contribution is 2.40. The van der Waals surface area contributed by atoms with E-state index < -0.39 is 18.2 Å². The van der Waals surface area contributed by atoms with Gasteiger partial charge in [-0.25, -0.2) is 0 Å². The molecule has 1 nitrogen and oxygen atoms in total. The minimum absolute atomic E-state index is 0.166. The van der Waals surface area contributed by atoms with Crippen LogP contribution in [0.1, 0.15) is 41.0 Å². The first kappa shape index (κ1) is 16.8. The molecule has 0 unspecified atom stereocenters. The largest absolute Gasteiger partial charge is 0.414 e. The molecule has 5 heteroatoms. The summed E-state index contributed by atoms with van der Waals surface area (Å²) in [6, 6.07) is 0. The Kier molecular flexibility index (Phi) is 6.08. The molecule has 0 saturated heterocycles. The molecule has 0 aromatic carbocycles. The van der Waals surface area contributed by atoms with E-state index in [1.54, 1.807) is 6.08 Å². The van der Waals surface area contributed by atoms with Crippen molar-refractivity contribution >= 4 is 11.8 Å². The third-order valence-electron chi connectivity index (χ3n) is 2.09. The van der Waals surface area contributed by atoms with Crippen molar-refractivity contribution in [3.63, 3.8) is 0 Å². The number of aliphatic hydroxyl groups is 1. The maximum atomic E-state index is 12.4. The predicted octanol–water partition coefficient (Wildman–Crippen LogP) is 4.37. The van der Waals surface area contributed by atoms with Gasteiger partial charge in [0.15, 0.2) is 6.10 Å². The highest BCUT2D eigenvalue weighted by Gasteiger charge is 2.43. The maximum Gasteiger partial charge on any atom is 0.414 e. The Bertz CT molecular complexity index is 266. The van der Waals surface area contributed by atoms with Crippen LogP contribution in [-0.4, -0.2) is 22.1 Å². The van der Waals surface area contributed by atoms with Gasteiger partial charge >= 0.3 is 6.18 Å². The van der Waals surface area contributed by atoms with E-state index in [-0.39, 0.29) is 4.75 Å². The molecule has 2 atom stereocenters. The molecule has 0 saturated carbocycles. The van der Waals surface area contributed by atoms with Crippen LogP contribution >= 0.6 is 11.8 Å². The van der Waals surface area contributed by atoms with E-state index in [2.05, 4.69) is 0 Å². The van der Waals surface area contributed by atoms with Gasteiger partial charge in [0.1, 0.15) is 0 Å². The van der Waals surface area contributed by atoms with Crippen molar-refractivity contribution in [1.29, 1.82) is 0 Å². The molecule has 0 amide bonds. The Morgan fingerprint density at radius 1 is 1.29 bits per heavy atom. The van der Waals surface area contributed by atoms with Crippen LogP contribution in [0.3, 0.4) is 0 Å². The van der Waals surface area contributed by atoms with E-state index in [0.717, 1.165) is 0 Å². The van der Waals surface area contributed by atoms with Crippen molar-refractivity contribution in [2.75, 3.05) is 0 Å². The molecule has 102 valence electrons. The first-order valence-corrected chi connectivity index (χ1v) is 6.44. The summed E-state index contributed by atoms with van der Waals surface area (Å²) >= 11 is 1.38. The first-order chi connectivity index (χ1) is 7.49. The van der Waals surface area contributed by atoms with E-state index in [1.165, 1.54) is 18.7 Å². The van der Waals surface area contributed by atoms with E-state index in [0.29, 0.717) is 11.3 Å². The lowest BCUT2D eigenvalue weighted by atomic mass is 10.0. The molecular formula is C12H21F3OS. The minimum Gasteiger partial charge on any atom is -0.383 e. The van der Waals surface area contributed by atoms with Gasteiger partial charge in [0.25, 0.3) is 0 Å². The number of halogens is 3. The van der Waals surface area contributed by atoms with Crippen molar-refractivity contribution in [3.05, 3.63) is 11.0 Å². The average Bonchev–Trinajstić information content (AvgIpc) is 2.11. The van der Waals surface area contributed by atoms with Crippen LogP contribution in [0.15, 0.2) is 11.0 Å². The van der Waals surface area contributed by atoms with Crippen molar-refractivity contribution in [2.45, 2.75) is 58.1 Å². The second kappa shape index (κ2) is 6.14. The van der Waals surface area contributed by atoms with Crippen LogP contribution in [0.2, 0.25) is 0 Å². The summed E-state index contributed by atoms with van der Waals surface area (Å²) in [7, 11) is 0. The topological polar surface area (TPSA) is 20.2 Å². The number of allylic oxidation sites excluding steroid dienone is 1. The van der Waals surface area contributed by atoms with E-state index in [4.69, 9.17) is 0 Å². The van der Waals surface area contributed by atoms with Crippen LogP contribution in [0.4, 0.5) is 13.2 Å². The fourth-order valence-corrected chi connectivity index (χ4v) is 2.59. The normalized spacial score (nSPS) is 18.1. The molecule has 17 heavy (non-hydrogen) atoms. The fraction of sp³-hybridized carbons (Fsp3) is 0.833. The van der Waals surface area contributed by atoms with Crippen LogP contribution in [-0.2, 0) is 0 Å². The lowest BCUT2D eigenvalue weighted by Gasteiger charge is -2.28. The summed E-state index contributed by atoms with van der Waals surface area (Å²) in [4.78, 5) is 0.602. The molecule has 0 heterocycles. The number of hydrogen-bond donors (Lipinski definition) is 1. The van der Waals surface area contributed by atoms with Crippen molar-refractivity contribution < 1.29 is 18.3 Å². The third kappa shape index (κ3) is 6.36. The van der Waals surface area contributed by atoms with Gasteiger partial charge in [-0.2, -0.15) is 13.2 Å². The summed E-state index contributed by atoms with van der Waals surface area (Å²) in [5.41, 5.74) is 0. The minimum atomic E-state index is -4.56. The van der Waals surface area contributed by atoms with Gasteiger partial charge in [-0.3, -0.25) is 0 Å². The zero-order chi connectivity index (χ0) is 13.9. The monoisotopic (exact) mass is 270 g/mol. The number of hydrogen-bond acceptors (Lipinski definition) is 2. The number of aliphatic hydroxyl groups excluding tert-OH is 1. The molecule has 0 rings (SSSR count). The Balaban J connectivity index is 4.91. The Morgan fingerprint density at radius 2 is 1.76 bits per heavy atom. The summed E-state index contributed by atoms with van der Waals surface area (Å²) in [5.74, 6) is -0.917. The maximum absolute atomic E-state index is 12.4. The average molecular weight is 270 g/mol. The Labute approximate surface area is 105 Å². The highest BCUT2D eigenvalue weighted by molar-refractivity contribution is 8.04. The quantitative estimate of drug-likeness (QED) is 0.818. The Hall–Kier alpha value is -0.160. The standard InChI is InChI=1S/C12H21F3OS/c1-6-7-9(17-11(3,4)5)8(2)10(16)12(13,14)15/h7-8,10,16H,6H2,1-5H3/b9-7-/t8-,10+/m0/s1. The van der Waals surface area contributed by atoms with E-state index in [9.17, 15) is 18.3 Å². The predicted molar refractivity (Wildman–Crippen MR) is 66.9 cm³/mol. The second-order valence-corrected chi connectivity index (χ2v) is 6.90. The second-order valence-electron chi connectivity index (χ2n) is 5.00. The summed E-state index contributed by atoms with van der Waals surface area (Å²) in [6.45, 7) is 9.10. The summed E-state index contributed by atoms with van der Waals surface area (Å²) < 4.78 is 37.2. The molecule has 0 aliphatic heterocycles. The molecule has 1 N–H and O–H groups in total. The lowest BCUT2D eigenvalue weighted by Crippen LogP contribution is -2.35. The van der Waals surface area contributed by atoms with Crippen LogP contribution < -0.4 is 0 Å². The molecule has 0 aliphatic rings. The molecule has 0 aromatic heterocycles. The van der Waals surface area contributed by atoms with Crippen LogP contribution in [0.25, 0.3) is 0 Å². The van der Waals surface area contributed by atoms with Gasteiger partial charge in [-0.15, -0.1) is 11.8 Å². The molecule has 0 radical (unpaired) electrons. The molecule has 0 aromatic rings. The van der Waals surface area contributed by atoms with Gasteiger partial charge in [-0.1, -0.05) is 40.7 Å². The molecule has 0 bridgehead atoms. The molecule has 0 spiro atoms. The van der Waals surface area contributed by atoms with Crippen molar-refractivity contribution in [3.8, 4) is 0 Å². The van der Waals surface area contributed by atoms with E-state index in [1.807, 2.05) is 27.7 Å². The highest BCUT2D eigenvalue weighted by atomic mass is 32.2. The smallest absolute Gasteiger partial charge is 0.383 e. The molecule has 0 aliphatic carbocycles. The lowest BCUT2D eigenvalue weighted by molar-refractivity contribution is -0.213. The number of alkyl halides is 3.